The van der Waals surface area contributed by atoms with Gasteiger partial charge < -0.3 is 14.4 Å². The Morgan fingerprint density at radius 2 is 1.85 bits per heavy atom. The van der Waals surface area contributed by atoms with Gasteiger partial charge in [-0.15, -0.1) is 0 Å². The van der Waals surface area contributed by atoms with Crippen molar-refractivity contribution in [3.05, 3.63) is 24.3 Å². The van der Waals surface area contributed by atoms with Crippen molar-refractivity contribution in [1.29, 1.82) is 0 Å². The molecule has 0 bridgehead atoms. The number of carbonyl (C=O) groups excluding carboxylic acids is 2. The second-order valence-corrected chi connectivity index (χ2v) is 7.54. The first-order valence-electron chi connectivity index (χ1n) is 10.1. The topological polar surface area (TPSA) is 67.9 Å². The molecule has 3 rings (SSSR count). The summed E-state index contributed by atoms with van der Waals surface area (Å²) < 4.78 is 10.7. The molecule has 0 radical (unpaired) electrons. The first-order valence-corrected chi connectivity index (χ1v) is 10.1. The summed E-state index contributed by atoms with van der Waals surface area (Å²) in [5, 5.41) is 2.74. The zero-order valence-corrected chi connectivity index (χ0v) is 16.3. The average molecular weight is 374 g/mol. The molecule has 0 aliphatic carbocycles. The number of esters is 1. The lowest BCUT2D eigenvalue weighted by atomic mass is 9.80. The second kappa shape index (κ2) is 8.63. The Bertz CT molecular complexity index is 649. The molecule has 1 unspecified atom stereocenters. The summed E-state index contributed by atoms with van der Waals surface area (Å²) >= 11 is 0. The maximum Gasteiger partial charge on any atom is 0.411 e. The van der Waals surface area contributed by atoms with Crippen LogP contribution >= 0.6 is 0 Å². The molecule has 6 heteroatoms. The van der Waals surface area contributed by atoms with Gasteiger partial charge in [-0.1, -0.05) is 13.8 Å². The predicted octanol–water partition coefficient (Wildman–Crippen LogP) is 4.35. The van der Waals surface area contributed by atoms with Gasteiger partial charge in [0, 0.05) is 30.9 Å². The molecule has 1 aromatic carbocycles. The lowest BCUT2D eigenvalue weighted by Gasteiger charge is -2.28. The van der Waals surface area contributed by atoms with Gasteiger partial charge in [-0.25, -0.2) is 4.79 Å². The number of amides is 1. The standard InChI is InChI=1S/C21H30N2O4/c1-3-21(4-2)14-18(27-19(21)24)15-26-20(25)22-16-8-10-17(11-9-16)23-12-6-5-7-13-23/h8-11,18H,3-7,12-15H2,1-2H3,(H,22,25). The van der Waals surface area contributed by atoms with E-state index in [2.05, 4.69) is 10.2 Å². The molecule has 1 aromatic rings. The number of carbonyl (C=O) groups is 2. The molecule has 1 atom stereocenters. The van der Waals surface area contributed by atoms with E-state index in [1.54, 1.807) is 0 Å². The fourth-order valence-electron chi connectivity index (χ4n) is 3.99. The molecular formula is C21H30N2O4. The number of nitrogens with one attached hydrogen (secondary N) is 1. The molecule has 0 saturated carbocycles. The summed E-state index contributed by atoms with van der Waals surface area (Å²) in [4.78, 5) is 26.5. The van der Waals surface area contributed by atoms with Crippen LogP contribution in [0.1, 0.15) is 52.4 Å². The van der Waals surface area contributed by atoms with Crippen molar-refractivity contribution in [3.8, 4) is 0 Å². The van der Waals surface area contributed by atoms with Crippen molar-refractivity contribution >= 4 is 23.4 Å². The quantitative estimate of drug-likeness (QED) is 0.750. The average Bonchev–Trinajstić information content (AvgIpc) is 3.03. The smallest absolute Gasteiger partial charge is 0.411 e. The van der Waals surface area contributed by atoms with Crippen molar-refractivity contribution in [3.63, 3.8) is 0 Å². The molecule has 0 spiro atoms. The van der Waals surface area contributed by atoms with Crippen molar-refractivity contribution < 1.29 is 19.1 Å². The SMILES string of the molecule is CCC1(CC)CC(COC(=O)Nc2ccc(N3CCCCC3)cc2)OC1=O. The summed E-state index contributed by atoms with van der Waals surface area (Å²) in [6, 6.07) is 7.83. The number of hydrogen-bond acceptors (Lipinski definition) is 5. The third-order valence-corrected chi connectivity index (χ3v) is 5.91. The van der Waals surface area contributed by atoms with Gasteiger partial charge in [0.15, 0.2) is 0 Å². The molecule has 2 aliphatic heterocycles. The van der Waals surface area contributed by atoms with Crippen molar-refractivity contribution in [2.24, 2.45) is 5.41 Å². The molecule has 148 valence electrons. The van der Waals surface area contributed by atoms with E-state index in [0.29, 0.717) is 12.1 Å². The van der Waals surface area contributed by atoms with Crippen LogP contribution in [0.2, 0.25) is 0 Å². The highest BCUT2D eigenvalue weighted by molar-refractivity contribution is 5.85. The Hall–Kier alpha value is -2.24. The second-order valence-electron chi connectivity index (χ2n) is 7.54. The van der Waals surface area contributed by atoms with E-state index in [4.69, 9.17) is 9.47 Å². The molecule has 2 heterocycles. The van der Waals surface area contributed by atoms with Gasteiger partial charge >= 0.3 is 12.1 Å². The fraction of sp³-hybridized carbons (Fsp3) is 0.619. The molecule has 2 aliphatic rings. The lowest BCUT2D eigenvalue weighted by molar-refractivity contribution is -0.150. The van der Waals surface area contributed by atoms with Gasteiger partial charge in [0.1, 0.15) is 12.7 Å². The van der Waals surface area contributed by atoms with E-state index < -0.39 is 11.5 Å². The zero-order chi connectivity index (χ0) is 19.3. The summed E-state index contributed by atoms with van der Waals surface area (Å²) in [7, 11) is 0. The van der Waals surface area contributed by atoms with E-state index >= 15 is 0 Å². The summed E-state index contributed by atoms with van der Waals surface area (Å²) in [5.74, 6) is -0.171. The highest BCUT2D eigenvalue weighted by atomic mass is 16.6. The zero-order valence-electron chi connectivity index (χ0n) is 16.3. The van der Waals surface area contributed by atoms with Gasteiger partial charge in [-0.05, 0) is 56.4 Å². The minimum Gasteiger partial charge on any atom is -0.458 e. The molecule has 0 aromatic heterocycles. The van der Waals surface area contributed by atoms with Gasteiger partial charge in [0.2, 0.25) is 0 Å². The maximum absolute atomic E-state index is 12.1. The Balaban J connectivity index is 1.46. The normalized spacial score (nSPS) is 21.6. The first kappa shape index (κ1) is 19.5. The van der Waals surface area contributed by atoms with Crippen LogP contribution < -0.4 is 10.2 Å². The van der Waals surface area contributed by atoms with Gasteiger partial charge in [-0.2, -0.15) is 0 Å². The van der Waals surface area contributed by atoms with Crippen molar-refractivity contribution in [2.75, 3.05) is 29.9 Å². The monoisotopic (exact) mass is 374 g/mol. The molecule has 1 N–H and O–H groups in total. The third kappa shape index (κ3) is 4.54. The van der Waals surface area contributed by atoms with Crippen LogP contribution in [-0.2, 0) is 14.3 Å². The Labute approximate surface area is 161 Å². The van der Waals surface area contributed by atoms with Crippen LogP contribution in [0.15, 0.2) is 24.3 Å². The number of piperidine rings is 1. The van der Waals surface area contributed by atoms with Crippen LogP contribution in [0.25, 0.3) is 0 Å². The minimum atomic E-state index is -0.526. The highest BCUT2D eigenvalue weighted by Gasteiger charge is 2.46. The minimum absolute atomic E-state index is 0.0885. The number of nitrogens with zero attached hydrogens (tertiary/aromatic N) is 1. The van der Waals surface area contributed by atoms with E-state index in [1.165, 1.54) is 24.9 Å². The maximum atomic E-state index is 12.1. The summed E-state index contributed by atoms with van der Waals surface area (Å²) in [6.07, 6.45) is 4.98. The van der Waals surface area contributed by atoms with Crippen LogP contribution in [0.4, 0.5) is 16.2 Å². The molecular weight excluding hydrogens is 344 g/mol. The van der Waals surface area contributed by atoms with Crippen LogP contribution in [0.5, 0.6) is 0 Å². The predicted molar refractivity (Wildman–Crippen MR) is 105 cm³/mol. The number of ether oxygens (including phenoxy) is 2. The fourth-order valence-corrected chi connectivity index (χ4v) is 3.99. The number of cyclic esters (lactones) is 1. The molecule has 27 heavy (non-hydrogen) atoms. The summed E-state index contributed by atoms with van der Waals surface area (Å²) in [5.41, 5.74) is 1.46. The van der Waals surface area contributed by atoms with Crippen molar-refractivity contribution in [1.82, 2.24) is 0 Å². The Morgan fingerprint density at radius 1 is 1.19 bits per heavy atom. The first-order chi connectivity index (χ1) is 13.1. The lowest BCUT2D eigenvalue weighted by Crippen LogP contribution is -2.29. The number of anilines is 2. The number of hydrogen-bond donors (Lipinski definition) is 1. The Kier molecular flexibility index (Phi) is 6.24. The van der Waals surface area contributed by atoms with E-state index in [-0.39, 0.29) is 18.7 Å². The Morgan fingerprint density at radius 3 is 2.44 bits per heavy atom. The highest BCUT2D eigenvalue weighted by Crippen LogP contribution is 2.40. The number of benzene rings is 1. The van der Waals surface area contributed by atoms with Crippen LogP contribution in [-0.4, -0.2) is 37.9 Å². The van der Waals surface area contributed by atoms with E-state index in [9.17, 15) is 9.59 Å². The molecule has 6 nitrogen and oxygen atoms in total. The molecule has 2 saturated heterocycles. The van der Waals surface area contributed by atoms with E-state index in [0.717, 1.165) is 25.9 Å². The summed E-state index contributed by atoms with van der Waals surface area (Å²) in [6.45, 7) is 6.26. The molecule has 2 fully saturated rings. The van der Waals surface area contributed by atoms with Crippen molar-refractivity contribution in [2.45, 2.75) is 58.5 Å². The molecule has 1 amide bonds. The van der Waals surface area contributed by atoms with Crippen LogP contribution in [0.3, 0.4) is 0 Å². The van der Waals surface area contributed by atoms with Gasteiger partial charge in [0.25, 0.3) is 0 Å². The van der Waals surface area contributed by atoms with E-state index in [1.807, 2.05) is 38.1 Å². The van der Waals surface area contributed by atoms with Gasteiger partial charge in [-0.3, -0.25) is 10.1 Å². The van der Waals surface area contributed by atoms with Crippen LogP contribution in [0, 0.1) is 5.41 Å². The number of rotatable bonds is 6. The third-order valence-electron chi connectivity index (χ3n) is 5.91. The largest absolute Gasteiger partial charge is 0.458 e. The van der Waals surface area contributed by atoms with Gasteiger partial charge in [0.05, 0.1) is 5.41 Å².